The lowest BCUT2D eigenvalue weighted by atomic mass is 10.2. The van der Waals surface area contributed by atoms with Crippen LogP contribution in [-0.2, 0) is 13.0 Å². The van der Waals surface area contributed by atoms with Gasteiger partial charge in [0.15, 0.2) is 11.6 Å². The lowest BCUT2D eigenvalue weighted by Gasteiger charge is -2.04. The first-order valence-electron chi connectivity index (χ1n) is 5.53. The monoisotopic (exact) mass is 224 g/mol. The number of nitrogens with zero attached hydrogens (tertiary/aromatic N) is 4. The van der Waals surface area contributed by atoms with E-state index in [1.54, 1.807) is 0 Å². The molecule has 0 radical (unpaired) electrons. The first-order chi connectivity index (χ1) is 8.38. The van der Waals surface area contributed by atoms with E-state index in [1.165, 1.54) is 0 Å². The van der Waals surface area contributed by atoms with E-state index in [4.69, 9.17) is 0 Å². The van der Waals surface area contributed by atoms with Crippen LogP contribution in [0.1, 0.15) is 17.2 Å². The Bertz CT molecular complexity index is 595. The number of hydrogen-bond acceptors (Lipinski definition) is 3. The van der Waals surface area contributed by atoms with Crippen LogP contribution < -0.4 is 0 Å². The number of allylic oxidation sites excluding steroid dienone is 1. The third kappa shape index (κ3) is 1.67. The van der Waals surface area contributed by atoms with Crippen molar-refractivity contribution < 1.29 is 0 Å². The topological polar surface area (TPSA) is 43.1 Å². The zero-order valence-electron chi connectivity index (χ0n) is 9.37. The number of fused-ring (bicyclic) bond motifs is 3. The number of hydrogen-bond donors (Lipinski definition) is 0. The first kappa shape index (κ1) is 9.96. The molecule has 0 atom stereocenters. The summed E-state index contributed by atoms with van der Waals surface area (Å²) in [4.78, 5) is 8.82. The van der Waals surface area contributed by atoms with Crippen molar-refractivity contribution in [1.29, 1.82) is 0 Å². The second kappa shape index (κ2) is 3.97. The lowest BCUT2D eigenvalue weighted by molar-refractivity contribution is 0.792. The van der Waals surface area contributed by atoms with Crippen LogP contribution in [0.5, 0.6) is 0 Å². The van der Waals surface area contributed by atoms with Crippen LogP contribution in [0, 0.1) is 0 Å². The summed E-state index contributed by atoms with van der Waals surface area (Å²) in [5.41, 5.74) is 2.10. The molecular formula is C13H12N4. The van der Waals surface area contributed by atoms with E-state index in [0.29, 0.717) is 13.0 Å². The van der Waals surface area contributed by atoms with Crippen molar-refractivity contribution in [2.75, 3.05) is 0 Å². The predicted molar refractivity (Wildman–Crippen MR) is 66.6 cm³/mol. The van der Waals surface area contributed by atoms with Gasteiger partial charge in [-0.1, -0.05) is 24.3 Å². The first-order valence-corrected chi connectivity index (χ1v) is 5.53. The highest BCUT2D eigenvalue weighted by atomic mass is 15.4. The summed E-state index contributed by atoms with van der Waals surface area (Å²) in [5.74, 6) is 1.67. The minimum absolute atomic E-state index is 0.568. The second-order valence-electron chi connectivity index (χ2n) is 3.88. The Morgan fingerprint density at radius 3 is 3.12 bits per heavy atom. The van der Waals surface area contributed by atoms with Gasteiger partial charge in [0.2, 0.25) is 0 Å². The largest absolute Gasteiger partial charge is 0.284 e. The van der Waals surface area contributed by atoms with Gasteiger partial charge in [0.05, 0.1) is 12.2 Å². The standard InChI is InChI=1S/C13H12N4/c1-2-5-12-15-13-9-14-8-10-6-3-4-7-11(10)17(13)16-12/h2-4,6-8H,1,5,9H2. The Morgan fingerprint density at radius 2 is 2.24 bits per heavy atom. The highest BCUT2D eigenvalue weighted by Crippen LogP contribution is 2.17. The van der Waals surface area contributed by atoms with E-state index in [-0.39, 0.29) is 0 Å². The maximum atomic E-state index is 4.50. The van der Waals surface area contributed by atoms with Gasteiger partial charge in [-0.2, -0.15) is 5.10 Å². The molecule has 0 bridgehead atoms. The van der Waals surface area contributed by atoms with Crippen molar-refractivity contribution in [3.63, 3.8) is 0 Å². The maximum absolute atomic E-state index is 4.50. The Morgan fingerprint density at radius 1 is 1.35 bits per heavy atom. The molecule has 84 valence electrons. The molecule has 17 heavy (non-hydrogen) atoms. The molecule has 1 aromatic carbocycles. The molecule has 1 aliphatic rings. The molecular weight excluding hydrogens is 212 g/mol. The van der Waals surface area contributed by atoms with Crippen molar-refractivity contribution in [2.45, 2.75) is 13.0 Å². The van der Waals surface area contributed by atoms with Crippen LogP contribution in [0.2, 0.25) is 0 Å². The minimum atomic E-state index is 0.568. The quantitative estimate of drug-likeness (QED) is 0.731. The summed E-state index contributed by atoms with van der Waals surface area (Å²) in [7, 11) is 0. The number of aliphatic imine (C=N–C) groups is 1. The number of benzene rings is 1. The Labute approximate surface area is 99.3 Å². The van der Waals surface area contributed by atoms with Crippen LogP contribution in [0.25, 0.3) is 5.69 Å². The molecule has 0 amide bonds. The highest BCUT2D eigenvalue weighted by Gasteiger charge is 2.14. The van der Waals surface area contributed by atoms with Crippen molar-refractivity contribution in [3.8, 4) is 5.69 Å². The highest BCUT2D eigenvalue weighted by molar-refractivity contribution is 5.85. The van der Waals surface area contributed by atoms with Gasteiger partial charge in [-0.25, -0.2) is 9.67 Å². The van der Waals surface area contributed by atoms with Crippen LogP contribution in [0.3, 0.4) is 0 Å². The molecule has 0 unspecified atom stereocenters. The molecule has 0 fully saturated rings. The Balaban J connectivity index is 2.18. The van der Waals surface area contributed by atoms with Gasteiger partial charge >= 0.3 is 0 Å². The van der Waals surface area contributed by atoms with Crippen LogP contribution in [0.4, 0.5) is 0 Å². The zero-order valence-corrected chi connectivity index (χ0v) is 9.37. The van der Waals surface area contributed by atoms with E-state index < -0.39 is 0 Å². The summed E-state index contributed by atoms with van der Waals surface area (Å²) in [6, 6.07) is 8.05. The SMILES string of the molecule is C=CCc1nc2n(n1)-c1ccccc1C=NC2. The fraction of sp³-hybridized carbons (Fsp3) is 0.154. The van der Waals surface area contributed by atoms with Gasteiger partial charge in [-0.05, 0) is 6.07 Å². The average Bonchev–Trinajstić information content (AvgIpc) is 2.66. The van der Waals surface area contributed by atoms with Crippen molar-refractivity contribution >= 4 is 6.21 Å². The summed E-state index contributed by atoms with van der Waals surface area (Å²) in [6.45, 7) is 4.27. The zero-order chi connectivity index (χ0) is 11.7. The molecule has 1 aromatic heterocycles. The van der Waals surface area contributed by atoms with E-state index in [2.05, 4.69) is 21.7 Å². The Hall–Kier alpha value is -2.23. The molecule has 3 rings (SSSR count). The molecule has 0 saturated heterocycles. The van der Waals surface area contributed by atoms with E-state index in [9.17, 15) is 0 Å². The third-order valence-corrected chi connectivity index (χ3v) is 2.67. The van der Waals surface area contributed by atoms with E-state index >= 15 is 0 Å². The van der Waals surface area contributed by atoms with Crippen LogP contribution in [0.15, 0.2) is 41.9 Å². The summed E-state index contributed by atoms with van der Waals surface area (Å²) in [6.07, 6.45) is 4.37. The third-order valence-electron chi connectivity index (χ3n) is 2.67. The summed E-state index contributed by atoms with van der Waals surface area (Å²) in [5, 5.41) is 4.50. The molecule has 4 heteroatoms. The van der Waals surface area contributed by atoms with Crippen molar-refractivity contribution in [2.24, 2.45) is 4.99 Å². The molecule has 1 aliphatic heterocycles. The normalized spacial score (nSPS) is 12.7. The van der Waals surface area contributed by atoms with E-state index in [1.807, 2.05) is 41.2 Å². The van der Waals surface area contributed by atoms with Gasteiger partial charge < -0.3 is 0 Å². The number of aromatic nitrogens is 3. The van der Waals surface area contributed by atoms with Crippen LogP contribution in [-0.4, -0.2) is 21.0 Å². The summed E-state index contributed by atoms with van der Waals surface area (Å²) >= 11 is 0. The summed E-state index contributed by atoms with van der Waals surface area (Å²) < 4.78 is 1.88. The van der Waals surface area contributed by atoms with Gasteiger partial charge in [0.25, 0.3) is 0 Å². The van der Waals surface area contributed by atoms with Crippen LogP contribution >= 0.6 is 0 Å². The number of rotatable bonds is 2. The van der Waals surface area contributed by atoms with E-state index in [0.717, 1.165) is 22.9 Å². The maximum Gasteiger partial charge on any atom is 0.155 e. The predicted octanol–water partition coefficient (Wildman–Crippen LogP) is 1.93. The molecule has 0 N–H and O–H groups in total. The number of para-hydroxylation sites is 1. The molecule has 0 spiro atoms. The second-order valence-corrected chi connectivity index (χ2v) is 3.88. The van der Waals surface area contributed by atoms with Gasteiger partial charge in [0, 0.05) is 18.2 Å². The minimum Gasteiger partial charge on any atom is -0.284 e. The van der Waals surface area contributed by atoms with Gasteiger partial charge in [-0.3, -0.25) is 4.99 Å². The molecule has 2 heterocycles. The average molecular weight is 224 g/mol. The van der Waals surface area contributed by atoms with Gasteiger partial charge in [0.1, 0.15) is 0 Å². The molecule has 4 nitrogen and oxygen atoms in total. The fourth-order valence-electron chi connectivity index (χ4n) is 1.92. The lowest BCUT2D eigenvalue weighted by Crippen LogP contribution is -2.02. The molecule has 2 aromatic rings. The van der Waals surface area contributed by atoms with Gasteiger partial charge in [-0.15, -0.1) is 6.58 Å². The smallest absolute Gasteiger partial charge is 0.155 e. The molecule has 0 aliphatic carbocycles. The fourth-order valence-corrected chi connectivity index (χ4v) is 1.92. The van der Waals surface area contributed by atoms with Crippen molar-refractivity contribution in [3.05, 3.63) is 54.1 Å². The van der Waals surface area contributed by atoms with Crippen molar-refractivity contribution in [1.82, 2.24) is 14.8 Å². The Kier molecular flexibility index (Phi) is 2.33. The molecule has 0 saturated carbocycles.